The first-order chi connectivity index (χ1) is 11.2. The van der Waals surface area contributed by atoms with Gasteiger partial charge in [0.1, 0.15) is 16.6 Å². The molecule has 0 saturated carbocycles. The third-order valence-electron chi connectivity index (χ3n) is 3.60. The summed E-state index contributed by atoms with van der Waals surface area (Å²) in [5.74, 6) is -0.270. The Kier molecular flexibility index (Phi) is 3.26. The number of fused-ring (bicyclic) bond motifs is 2. The Hall–Kier alpha value is -2.49. The van der Waals surface area contributed by atoms with Crippen LogP contribution in [0.4, 0.5) is 5.69 Å². The molecule has 1 N–H and O–H groups in total. The Balaban J connectivity index is 1.99. The van der Waals surface area contributed by atoms with E-state index in [0.717, 1.165) is 20.3 Å². The molecule has 0 saturated heterocycles. The lowest BCUT2D eigenvalue weighted by atomic mass is 10.0. The highest BCUT2D eigenvalue weighted by atomic mass is 79.9. The van der Waals surface area contributed by atoms with E-state index >= 15 is 0 Å². The number of allylic oxidation sites excluding steroid dienone is 1. The number of halogens is 1. The molecular weight excluding hydrogens is 374 g/mol. The number of carbonyl (C=O) groups excluding carboxylic acids is 1. The number of nitrogens with zero attached hydrogens (tertiary/aromatic N) is 2. The van der Waals surface area contributed by atoms with Gasteiger partial charge in [0.2, 0.25) is 0 Å². The fourth-order valence-electron chi connectivity index (χ4n) is 2.58. The quantitative estimate of drug-likeness (QED) is 0.500. The molecule has 0 radical (unpaired) electrons. The minimum absolute atomic E-state index is 0.270. The van der Waals surface area contributed by atoms with Crippen LogP contribution in [-0.4, -0.2) is 10.9 Å². The van der Waals surface area contributed by atoms with Gasteiger partial charge in [-0.25, -0.2) is 4.98 Å². The zero-order chi connectivity index (χ0) is 16.0. The van der Waals surface area contributed by atoms with Gasteiger partial charge in [-0.15, -0.1) is 11.3 Å². The number of amides is 1. The Labute approximate surface area is 144 Å². The summed E-state index contributed by atoms with van der Waals surface area (Å²) in [5, 5.41) is 13.0. The number of para-hydroxylation sites is 1. The number of anilines is 1. The molecule has 0 spiro atoms. The largest absolute Gasteiger partial charge is 0.321 e. The monoisotopic (exact) mass is 381 g/mol. The molecule has 23 heavy (non-hydrogen) atoms. The summed E-state index contributed by atoms with van der Waals surface area (Å²) in [6.45, 7) is 0. The van der Waals surface area contributed by atoms with E-state index in [2.05, 4.69) is 32.3 Å². The average molecular weight is 382 g/mol. The minimum Gasteiger partial charge on any atom is -0.321 e. The molecule has 1 aliphatic heterocycles. The van der Waals surface area contributed by atoms with Gasteiger partial charge in [-0.3, -0.25) is 4.79 Å². The molecule has 4 rings (SSSR count). The first-order valence-corrected chi connectivity index (χ1v) is 8.40. The normalized spacial score (nSPS) is 15.2. The summed E-state index contributed by atoms with van der Waals surface area (Å²) in [6.07, 6.45) is 0. The highest BCUT2D eigenvalue weighted by Crippen LogP contribution is 2.39. The summed E-state index contributed by atoms with van der Waals surface area (Å²) >= 11 is 4.82. The summed E-state index contributed by atoms with van der Waals surface area (Å²) in [6, 6.07) is 15.4. The molecule has 2 heterocycles. The van der Waals surface area contributed by atoms with Crippen LogP contribution in [0.25, 0.3) is 21.4 Å². The van der Waals surface area contributed by atoms with Crippen LogP contribution >= 0.6 is 27.3 Å². The van der Waals surface area contributed by atoms with Crippen molar-refractivity contribution in [2.45, 2.75) is 0 Å². The molecular formula is C17H8BrN3OS. The second-order valence-corrected chi connectivity index (χ2v) is 6.94. The third kappa shape index (κ3) is 2.25. The molecule has 0 fully saturated rings. The lowest BCUT2D eigenvalue weighted by Gasteiger charge is -2.01. The second kappa shape index (κ2) is 5.30. The van der Waals surface area contributed by atoms with Crippen molar-refractivity contribution in [2.24, 2.45) is 0 Å². The number of aromatic nitrogens is 1. The van der Waals surface area contributed by atoms with Gasteiger partial charge in [-0.2, -0.15) is 5.26 Å². The molecule has 0 atom stereocenters. The highest BCUT2D eigenvalue weighted by Gasteiger charge is 2.29. The summed E-state index contributed by atoms with van der Waals surface area (Å²) < 4.78 is 1.84. The highest BCUT2D eigenvalue weighted by molar-refractivity contribution is 9.10. The predicted molar refractivity (Wildman–Crippen MR) is 94.8 cm³/mol. The van der Waals surface area contributed by atoms with Crippen molar-refractivity contribution in [2.75, 3.05) is 5.32 Å². The van der Waals surface area contributed by atoms with Crippen LogP contribution in [0, 0.1) is 11.3 Å². The van der Waals surface area contributed by atoms with Crippen LogP contribution < -0.4 is 5.32 Å². The molecule has 0 bridgehead atoms. The number of hydrogen-bond acceptors (Lipinski definition) is 4. The van der Waals surface area contributed by atoms with Gasteiger partial charge in [0.05, 0.1) is 15.8 Å². The van der Waals surface area contributed by atoms with Crippen molar-refractivity contribution < 1.29 is 4.79 Å². The Morgan fingerprint density at radius 2 is 2.09 bits per heavy atom. The van der Waals surface area contributed by atoms with E-state index in [1.807, 2.05) is 42.5 Å². The lowest BCUT2D eigenvalue weighted by molar-refractivity contribution is -0.110. The molecule has 1 aromatic heterocycles. The summed E-state index contributed by atoms with van der Waals surface area (Å²) in [4.78, 5) is 16.9. The van der Waals surface area contributed by atoms with Crippen molar-refractivity contribution in [1.29, 1.82) is 5.26 Å². The smallest absolute Gasteiger partial charge is 0.257 e. The minimum atomic E-state index is -0.270. The van der Waals surface area contributed by atoms with Crippen LogP contribution in [0.1, 0.15) is 10.6 Å². The van der Waals surface area contributed by atoms with E-state index in [-0.39, 0.29) is 5.91 Å². The fourth-order valence-corrected chi connectivity index (χ4v) is 3.91. The number of benzene rings is 2. The van der Waals surface area contributed by atoms with Gasteiger partial charge in [-0.1, -0.05) is 28.1 Å². The van der Waals surface area contributed by atoms with Crippen molar-refractivity contribution in [3.8, 4) is 6.07 Å². The first kappa shape index (κ1) is 14.1. The number of nitrogens with one attached hydrogen (secondary N) is 1. The van der Waals surface area contributed by atoms with Crippen LogP contribution in [0.5, 0.6) is 0 Å². The molecule has 110 valence electrons. The second-order valence-electron chi connectivity index (χ2n) is 4.99. The molecule has 1 aliphatic rings. The number of carbonyl (C=O) groups is 1. The number of rotatable bonds is 1. The molecule has 0 unspecified atom stereocenters. The van der Waals surface area contributed by atoms with Gasteiger partial charge in [0.15, 0.2) is 0 Å². The topological polar surface area (TPSA) is 65.8 Å². The number of nitriles is 1. The SMILES string of the molecule is N#CC(=C1C(=O)Nc2ccc(Br)cc21)c1nc2ccccc2s1. The van der Waals surface area contributed by atoms with Crippen LogP contribution in [-0.2, 0) is 4.79 Å². The van der Waals surface area contributed by atoms with Crippen molar-refractivity contribution in [3.63, 3.8) is 0 Å². The van der Waals surface area contributed by atoms with E-state index in [4.69, 9.17) is 0 Å². The zero-order valence-corrected chi connectivity index (χ0v) is 14.0. The van der Waals surface area contributed by atoms with Crippen molar-refractivity contribution in [3.05, 3.63) is 57.5 Å². The number of thiazole rings is 1. The van der Waals surface area contributed by atoms with Crippen molar-refractivity contribution in [1.82, 2.24) is 4.98 Å². The fraction of sp³-hybridized carbons (Fsp3) is 0. The van der Waals surface area contributed by atoms with Gasteiger partial charge in [0, 0.05) is 15.7 Å². The maximum absolute atomic E-state index is 12.4. The van der Waals surface area contributed by atoms with Gasteiger partial charge < -0.3 is 5.32 Å². The molecule has 0 aliphatic carbocycles. The van der Waals surface area contributed by atoms with E-state index in [1.165, 1.54) is 11.3 Å². The zero-order valence-electron chi connectivity index (χ0n) is 11.6. The van der Waals surface area contributed by atoms with Gasteiger partial charge in [-0.05, 0) is 30.3 Å². The lowest BCUT2D eigenvalue weighted by Crippen LogP contribution is -2.05. The Morgan fingerprint density at radius 1 is 1.26 bits per heavy atom. The van der Waals surface area contributed by atoms with E-state index < -0.39 is 0 Å². The Bertz CT molecular complexity index is 1010. The van der Waals surface area contributed by atoms with E-state index in [1.54, 1.807) is 0 Å². The number of hydrogen-bond donors (Lipinski definition) is 1. The Morgan fingerprint density at radius 3 is 2.87 bits per heavy atom. The van der Waals surface area contributed by atoms with Gasteiger partial charge in [0.25, 0.3) is 5.91 Å². The van der Waals surface area contributed by atoms with Crippen molar-refractivity contribution >= 4 is 60.2 Å². The molecule has 3 aromatic rings. The van der Waals surface area contributed by atoms with Crippen LogP contribution in [0.2, 0.25) is 0 Å². The van der Waals surface area contributed by atoms with Crippen LogP contribution in [0.15, 0.2) is 46.9 Å². The molecule has 4 nitrogen and oxygen atoms in total. The summed E-state index contributed by atoms with van der Waals surface area (Å²) in [5.41, 5.74) is 2.94. The van der Waals surface area contributed by atoms with Crippen LogP contribution in [0.3, 0.4) is 0 Å². The maximum atomic E-state index is 12.4. The van der Waals surface area contributed by atoms with E-state index in [9.17, 15) is 10.1 Å². The van der Waals surface area contributed by atoms with Gasteiger partial charge >= 0.3 is 0 Å². The standard InChI is InChI=1S/C17H8BrN3OS/c18-9-5-6-12-10(7-9)15(16(22)20-12)11(8-19)17-21-13-3-1-2-4-14(13)23-17/h1-7H,(H,20,22). The average Bonchev–Trinajstić information content (AvgIpc) is 3.10. The van der Waals surface area contributed by atoms with E-state index in [0.29, 0.717) is 21.8 Å². The third-order valence-corrected chi connectivity index (χ3v) is 5.14. The first-order valence-electron chi connectivity index (χ1n) is 6.79. The summed E-state index contributed by atoms with van der Waals surface area (Å²) in [7, 11) is 0. The molecule has 6 heteroatoms. The molecule has 1 amide bonds. The predicted octanol–water partition coefficient (Wildman–Crippen LogP) is 4.45. The maximum Gasteiger partial charge on any atom is 0.257 e. The molecule has 2 aromatic carbocycles.